The van der Waals surface area contributed by atoms with Crippen molar-refractivity contribution >= 4 is 21.1 Å². The molecule has 10 nitrogen and oxygen atoms in total. The van der Waals surface area contributed by atoms with Crippen LogP contribution in [0.25, 0.3) is 33.9 Å². The molecule has 5 heterocycles. The molecule has 0 fully saturated rings. The minimum atomic E-state index is -4.73. The summed E-state index contributed by atoms with van der Waals surface area (Å²) in [6.07, 6.45) is -6.09. The number of aromatic nitrogens is 8. The largest absolute Gasteiger partial charge is 0.435 e. The van der Waals surface area contributed by atoms with Gasteiger partial charge in [-0.05, 0) is 12.1 Å². The molecular formula is C20H14F6N8O2S. The number of imidazole rings is 1. The van der Waals surface area contributed by atoms with Crippen molar-refractivity contribution in [3.05, 3.63) is 48.3 Å². The number of aryl methyl sites for hydroxylation is 1. The smallest absolute Gasteiger partial charge is 0.290 e. The Morgan fingerprint density at radius 3 is 2.27 bits per heavy atom. The standard InChI is InChI=1S/C20H14F6N8O2S/c1-3-37(35,36)18-16(10-8-33-9-28-13(19(21,22)23)7-15(33)29-10)17-27-5-4-11(34(17)31-18)12-6-14(20(24,25)26)30-32(12)2/h4-9H,3H2,1-2H3. The Morgan fingerprint density at radius 1 is 0.946 bits per heavy atom. The summed E-state index contributed by atoms with van der Waals surface area (Å²) in [6.45, 7) is 1.36. The summed E-state index contributed by atoms with van der Waals surface area (Å²) in [5, 5.41) is 7.13. The fraction of sp³-hybridized carbons (Fsp3) is 0.250. The van der Waals surface area contributed by atoms with Crippen LogP contribution in [0.2, 0.25) is 0 Å². The molecule has 0 aliphatic carbocycles. The minimum absolute atomic E-state index is 0.0387. The third-order valence-electron chi connectivity index (χ3n) is 5.49. The van der Waals surface area contributed by atoms with Gasteiger partial charge in [-0.1, -0.05) is 6.92 Å². The molecule has 5 rings (SSSR count). The van der Waals surface area contributed by atoms with Gasteiger partial charge in [0.25, 0.3) is 0 Å². The number of hydrogen-bond donors (Lipinski definition) is 0. The van der Waals surface area contributed by atoms with Gasteiger partial charge in [0.15, 0.2) is 26.2 Å². The summed E-state index contributed by atoms with van der Waals surface area (Å²) >= 11 is 0. The van der Waals surface area contributed by atoms with Crippen LogP contribution in [-0.4, -0.2) is 52.9 Å². The third-order valence-corrected chi connectivity index (χ3v) is 7.12. The van der Waals surface area contributed by atoms with Crippen molar-refractivity contribution in [3.63, 3.8) is 0 Å². The second kappa shape index (κ2) is 7.99. The molecule has 0 bridgehead atoms. The first-order chi connectivity index (χ1) is 17.2. The van der Waals surface area contributed by atoms with Crippen molar-refractivity contribution in [2.45, 2.75) is 24.3 Å². The van der Waals surface area contributed by atoms with Gasteiger partial charge in [0.05, 0.1) is 28.4 Å². The van der Waals surface area contributed by atoms with E-state index in [-0.39, 0.29) is 33.9 Å². The van der Waals surface area contributed by atoms with Crippen LogP contribution in [0.15, 0.2) is 41.9 Å². The molecular weight excluding hydrogens is 530 g/mol. The number of nitrogens with zero attached hydrogens (tertiary/aromatic N) is 8. The van der Waals surface area contributed by atoms with E-state index in [0.29, 0.717) is 6.07 Å². The van der Waals surface area contributed by atoms with Gasteiger partial charge in [0.1, 0.15) is 17.7 Å². The number of sulfone groups is 1. The predicted molar refractivity (Wildman–Crippen MR) is 115 cm³/mol. The number of hydrogen-bond acceptors (Lipinski definition) is 7. The molecule has 17 heteroatoms. The first kappa shape index (κ1) is 24.7. The predicted octanol–water partition coefficient (Wildman–Crippen LogP) is 3.67. The van der Waals surface area contributed by atoms with E-state index in [4.69, 9.17) is 0 Å². The molecule has 0 atom stereocenters. The molecule has 0 aliphatic heterocycles. The van der Waals surface area contributed by atoms with Crippen molar-refractivity contribution in [1.82, 2.24) is 38.7 Å². The molecule has 37 heavy (non-hydrogen) atoms. The number of alkyl halides is 6. The fourth-order valence-corrected chi connectivity index (χ4v) is 4.70. The maximum Gasteiger partial charge on any atom is 0.435 e. The topological polar surface area (TPSA) is 112 Å². The summed E-state index contributed by atoms with van der Waals surface area (Å²) in [5.41, 5.74) is -2.83. The first-order valence-electron chi connectivity index (χ1n) is 10.3. The van der Waals surface area contributed by atoms with Crippen molar-refractivity contribution in [2.24, 2.45) is 7.05 Å². The van der Waals surface area contributed by atoms with Crippen LogP contribution in [0.3, 0.4) is 0 Å². The van der Waals surface area contributed by atoms with Gasteiger partial charge >= 0.3 is 12.4 Å². The SMILES string of the molecule is CCS(=O)(=O)c1nn2c(-c3cc(C(F)(F)F)nn3C)ccnc2c1-c1cn2cnc(C(F)(F)F)cc2n1. The van der Waals surface area contributed by atoms with Crippen LogP contribution in [0.4, 0.5) is 26.3 Å². The van der Waals surface area contributed by atoms with Gasteiger partial charge in [0, 0.05) is 25.5 Å². The molecule has 0 aromatic carbocycles. The van der Waals surface area contributed by atoms with Crippen LogP contribution in [-0.2, 0) is 29.2 Å². The molecule has 0 aliphatic rings. The summed E-state index contributed by atoms with van der Waals surface area (Å²) in [5.74, 6) is -0.393. The van der Waals surface area contributed by atoms with Crippen molar-refractivity contribution in [3.8, 4) is 22.6 Å². The van der Waals surface area contributed by atoms with Crippen LogP contribution in [0.1, 0.15) is 18.3 Å². The fourth-order valence-electron chi connectivity index (χ4n) is 3.71. The Balaban J connectivity index is 1.79. The van der Waals surface area contributed by atoms with E-state index in [1.807, 2.05) is 0 Å². The van der Waals surface area contributed by atoms with E-state index >= 15 is 0 Å². The average molecular weight is 544 g/mol. The van der Waals surface area contributed by atoms with Crippen LogP contribution in [0.5, 0.6) is 0 Å². The Kier molecular flexibility index (Phi) is 5.33. The van der Waals surface area contributed by atoms with Crippen molar-refractivity contribution in [1.29, 1.82) is 0 Å². The molecule has 0 spiro atoms. The molecule has 0 N–H and O–H groups in total. The first-order valence-corrected chi connectivity index (χ1v) is 12.0. The van der Waals surface area contributed by atoms with Crippen LogP contribution >= 0.6 is 0 Å². The van der Waals surface area contributed by atoms with E-state index in [1.54, 1.807) is 0 Å². The Labute approximate surface area is 203 Å². The molecule has 5 aromatic rings. The van der Waals surface area contributed by atoms with E-state index in [2.05, 4.69) is 25.1 Å². The van der Waals surface area contributed by atoms with Gasteiger partial charge in [-0.2, -0.15) is 36.5 Å². The Morgan fingerprint density at radius 2 is 1.65 bits per heavy atom. The molecule has 194 valence electrons. The zero-order valence-corrected chi connectivity index (χ0v) is 19.6. The van der Waals surface area contributed by atoms with Gasteiger partial charge < -0.3 is 0 Å². The lowest BCUT2D eigenvalue weighted by Crippen LogP contribution is -2.08. The van der Waals surface area contributed by atoms with Crippen molar-refractivity contribution < 1.29 is 34.8 Å². The Bertz CT molecular complexity index is 1780. The maximum absolute atomic E-state index is 13.2. The van der Waals surface area contributed by atoms with E-state index < -0.39 is 44.4 Å². The number of halogens is 6. The molecule has 5 aromatic heterocycles. The minimum Gasteiger partial charge on any atom is -0.290 e. The van der Waals surface area contributed by atoms with Gasteiger partial charge in [0.2, 0.25) is 0 Å². The zero-order valence-electron chi connectivity index (χ0n) is 18.7. The Hall–Kier alpha value is -4.02. The van der Waals surface area contributed by atoms with Crippen LogP contribution < -0.4 is 0 Å². The molecule has 0 amide bonds. The summed E-state index contributed by atoms with van der Waals surface area (Å²) in [6, 6.07) is 2.79. The summed E-state index contributed by atoms with van der Waals surface area (Å²) in [7, 11) is -2.78. The highest BCUT2D eigenvalue weighted by atomic mass is 32.2. The molecule has 0 radical (unpaired) electrons. The quantitative estimate of drug-likeness (QED) is 0.318. The number of fused-ring (bicyclic) bond motifs is 2. The zero-order chi connectivity index (χ0) is 26.9. The number of rotatable bonds is 4. The highest BCUT2D eigenvalue weighted by molar-refractivity contribution is 7.91. The van der Waals surface area contributed by atoms with Crippen LogP contribution in [0, 0.1) is 0 Å². The lowest BCUT2D eigenvalue weighted by Gasteiger charge is -2.04. The second-order valence-corrected chi connectivity index (χ2v) is 10.0. The third kappa shape index (κ3) is 4.08. The highest BCUT2D eigenvalue weighted by Crippen LogP contribution is 2.35. The van der Waals surface area contributed by atoms with Gasteiger partial charge in [-0.15, -0.1) is 0 Å². The molecule has 0 saturated carbocycles. The molecule has 0 saturated heterocycles. The second-order valence-electron chi connectivity index (χ2n) is 7.85. The molecule has 0 unspecified atom stereocenters. The summed E-state index contributed by atoms with van der Waals surface area (Å²) in [4.78, 5) is 11.7. The maximum atomic E-state index is 13.2. The van der Waals surface area contributed by atoms with Gasteiger partial charge in [-0.3, -0.25) is 9.08 Å². The monoisotopic (exact) mass is 544 g/mol. The summed E-state index contributed by atoms with van der Waals surface area (Å²) < 4.78 is 108. The average Bonchev–Trinajstić information content (AvgIpc) is 3.51. The van der Waals surface area contributed by atoms with E-state index in [9.17, 15) is 34.8 Å². The highest BCUT2D eigenvalue weighted by Gasteiger charge is 2.36. The van der Waals surface area contributed by atoms with Gasteiger partial charge in [-0.25, -0.2) is 27.9 Å². The van der Waals surface area contributed by atoms with E-state index in [0.717, 1.165) is 26.0 Å². The van der Waals surface area contributed by atoms with E-state index in [1.165, 1.54) is 32.4 Å². The lowest BCUT2D eigenvalue weighted by molar-refractivity contribution is -0.142. The lowest BCUT2D eigenvalue weighted by atomic mass is 10.2. The normalized spacial score (nSPS) is 13.2. The van der Waals surface area contributed by atoms with Crippen molar-refractivity contribution in [2.75, 3.05) is 5.75 Å².